The van der Waals surface area contributed by atoms with E-state index in [0.717, 1.165) is 48.3 Å². The fraction of sp³-hybridized carbons (Fsp3) is 0.524. The van der Waals surface area contributed by atoms with Crippen molar-refractivity contribution in [3.8, 4) is 0 Å². The average Bonchev–Trinajstić information content (AvgIpc) is 2.52. The first kappa shape index (κ1) is 15.6. The second kappa shape index (κ2) is 5.87. The molecular formula is C21H25NO2. The topological polar surface area (TPSA) is 46.2 Å². The molecule has 1 aromatic rings. The Bertz CT molecular complexity index is 651. The Labute approximate surface area is 143 Å². The monoisotopic (exact) mass is 323 g/mol. The van der Waals surface area contributed by atoms with E-state index < -0.39 is 0 Å². The van der Waals surface area contributed by atoms with E-state index >= 15 is 0 Å². The third-order valence-corrected chi connectivity index (χ3v) is 6.22. The lowest BCUT2D eigenvalue weighted by Gasteiger charge is -2.55. The summed E-state index contributed by atoms with van der Waals surface area (Å²) in [5.41, 5.74) is 1.73. The molecule has 4 aliphatic carbocycles. The second-order valence-electron chi connectivity index (χ2n) is 8.20. The van der Waals surface area contributed by atoms with Crippen LogP contribution < -0.4 is 5.32 Å². The lowest BCUT2D eigenvalue weighted by atomic mass is 9.48. The van der Waals surface area contributed by atoms with Gasteiger partial charge in [-0.15, -0.1) is 0 Å². The largest absolute Gasteiger partial charge is 0.326 e. The van der Waals surface area contributed by atoms with Crippen molar-refractivity contribution in [3.63, 3.8) is 0 Å². The predicted molar refractivity (Wildman–Crippen MR) is 95.4 cm³/mol. The van der Waals surface area contributed by atoms with Crippen LogP contribution in [-0.2, 0) is 9.59 Å². The zero-order valence-corrected chi connectivity index (χ0v) is 14.3. The number of amides is 1. The maximum Gasteiger partial charge on any atom is 0.221 e. The Hall–Kier alpha value is -1.90. The van der Waals surface area contributed by atoms with Crippen molar-refractivity contribution >= 4 is 23.5 Å². The van der Waals surface area contributed by atoms with E-state index in [2.05, 4.69) is 5.32 Å². The SMILES string of the molecule is CC(=O)Nc1ccc(C=CC(=O)C23CC4CC(CC(C4)C2)C3)cc1. The highest BCUT2D eigenvalue weighted by molar-refractivity contribution is 5.98. The quantitative estimate of drug-likeness (QED) is 0.832. The molecule has 0 heterocycles. The molecule has 24 heavy (non-hydrogen) atoms. The number of carbonyl (C=O) groups is 2. The summed E-state index contributed by atoms with van der Waals surface area (Å²) < 4.78 is 0. The summed E-state index contributed by atoms with van der Waals surface area (Å²) in [5, 5.41) is 2.76. The van der Waals surface area contributed by atoms with Gasteiger partial charge in [0.15, 0.2) is 5.78 Å². The van der Waals surface area contributed by atoms with E-state index in [0.29, 0.717) is 5.78 Å². The van der Waals surface area contributed by atoms with E-state index in [-0.39, 0.29) is 11.3 Å². The van der Waals surface area contributed by atoms with Gasteiger partial charge in [0.1, 0.15) is 0 Å². The van der Waals surface area contributed by atoms with Crippen LogP contribution in [0.5, 0.6) is 0 Å². The lowest BCUT2D eigenvalue weighted by molar-refractivity contribution is -0.138. The van der Waals surface area contributed by atoms with E-state index in [9.17, 15) is 9.59 Å². The van der Waals surface area contributed by atoms with E-state index in [4.69, 9.17) is 0 Å². The molecule has 0 unspecified atom stereocenters. The molecule has 0 spiro atoms. The number of hydrogen-bond acceptors (Lipinski definition) is 2. The van der Waals surface area contributed by atoms with Crippen molar-refractivity contribution in [1.82, 2.24) is 0 Å². The summed E-state index contributed by atoms with van der Waals surface area (Å²) in [7, 11) is 0. The number of benzene rings is 1. The molecule has 0 atom stereocenters. The zero-order valence-electron chi connectivity index (χ0n) is 14.3. The summed E-state index contributed by atoms with van der Waals surface area (Å²) in [6, 6.07) is 7.62. The van der Waals surface area contributed by atoms with Crippen molar-refractivity contribution in [1.29, 1.82) is 0 Å². The molecule has 4 bridgehead atoms. The molecule has 1 amide bonds. The average molecular weight is 323 g/mol. The number of nitrogens with one attached hydrogen (secondary N) is 1. The van der Waals surface area contributed by atoms with Crippen molar-refractivity contribution in [3.05, 3.63) is 35.9 Å². The van der Waals surface area contributed by atoms with Gasteiger partial charge in [-0.25, -0.2) is 0 Å². The molecule has 0 aliphatic heterocycles. The van der Waals surface area contributed by atoms with Gasteiger partial charge in [-0.3, -0.25) is 9.59 Å². The van der Waals surface area contributed by atoms with Crippen molar-refractivity contribution < 1.29 is 9.59 Å². The number of carbonyl (C=O) groups excluding carboxylic acids is 2. The van der Waals surface area contributed by atoms with Crippen LogP contribution in [0.1, 0.15) is 51.0 Å². The van der Waals surface area contributed by atoms with Gasteiger partial charge in [0.25, 0.3) is 0 Å². The molecular weight excluding hydrogens is 298 g/mol. The highest BCUT2D eigenvalue weighted by Gasteiger charge is 2.53. The van der Waals surface area contributed by atoms with Crippen LogP contribution in [0.3, 0.4) is 0 Å². The third-order valence-electron chi connectivity index (χ3n) is 6.22. The summed E-state index contributed by atoms with van der Waals surface area (Å²) in [4.78, 5) is 24.0. The van der Waals surface area contributed by atoms with Crippen LogP contribution >= 0.6 is 0 Å². The molecule has 3 nitrogen and oxygen atoms in total. The summed E-state index contributed by atoms with van der Waals surface area (Å²) in [6.07, 6.45) is 11.2. The lowest BCUT2D eigenvalue weighted by Crippen LogP contribution is -2.49. The predicted octanol–water partition coefficient (Wildman–Crippen LogP) is 4.44. The molecule has 4 fully saturated rings. The minimum Gasteiger partial charge on any atom is -0.326 e. The van der Waals surface area contributed by atoms with Crippen molar-refractivity contribution in [2.45, 2.75) is 45.4 Å². The van der Waals surface area contributed by atoms with Crippen LogP contribution in [-0.4, -0.2) is 11.7 Å². The number of hydrogen-bond donors (Lipinski definition) is 1. The molecule has 3 heteroatoms. The molecule has 126 valence electrons. The Morgan fingerprint density at radius 2 is 1.54 bits per heavy atom. The summed E-state index contributed by atoms with van der Waals surface area (Å²) >= 11 is 0. The molecule has 1 N–H and O–H groups in total. The molecule has 5 rings (SSSR count). The highest BCUT2D eigenvalue weighted by atomic mass is 16.1. The molecule has 0 aromatic heterocycles. The van der Waals surface area contributed by atoms with Crippen LogP contribution in [0.4, 0.5) is 5.69 Å². The fourth-order valence-corrected chi connectivity index (χ4v) is 5.64. The molecule has 4 aliphatic rings. The summed E-state index contributed by atoms with van der Waals surface area (Å²) in [5.74, 6) is 2.66. The van der Waals surface area contributed by atoms with E-state index in [1.54, 1.807) is 6.08 Å². The first-order chi connectivity index (χ1) is 11.5. The van der Waals surface area contributed by atoms with E-state index in [1.165, 1.54) is 26.2 Å². The highest BCUT2D eigenvalue weighted by Crippen LogP contribution is 2.60. The van der Waals surface area contributed by atoms with Crippen LogP contribution in [0.2, 0.25) is 0 Å². The zero-order chi connectivity index (χ0) is 16.7. The van der Waals surface area contributed by atoms with Gasteiger partial charge in [-0.2, -0.15) is 0 Å². The maximum atomic E-state index is 12.9. The number of allylic oxidation sites excluding steroid dienone is 1. The first-order valence-electron chi connectivity index (χ1n) is 9.13. The standard InChI is InChI=1S/C21H25NO2/c1-14(23)22-19-5-2-15(3-6-19)4-7-20(24)21-11-16-8-17(12-21)10-18(9-16)13-21/h2-7,16-18H,8-13H2,1H3,(H,22,23). The van der Waals surface area contributed by atoms with Gasteiger partial charge in [0.2, 0.25) is 5.91 Å². The van der Waals surface area contributed by atoms with Gasteiger partial charge >= 0.3 is 0 Å². The fourth-order valence-electron chi connectivity index (χ4n) is 5.64. The molecule has 0 radical (unpaired) electrons. The molecule has 1 aromatic carbocycles. The van der Waals surface area contributed by atoms with E-state index in [1.807, 2.05) is 30.3 Å². The number of rotatable bonds is 4. The normalized spacial score (nSPS) is 33.8. The minimum atomic E-state index is -0.0738. The Balaban J connectivity index is 1.46. The van der Waals surface area contributed by atoms with Gasteiger partial charge in [0, 0.05) is 18.0 Å². The number of ketones is 1. The molecule has 0 saturated heterocycles. The van der Waals surface area contributed by atoms with Gasteiger partial charge < -0.3 is 5.32 Å². The molecule has 4 saturated carbocycles. The van der Waals surface area contributed by atoms with Crippen LogP contribution in [0.15, 0.2) is 30.3 Å². The van der Waals surface area contributed by atoms with Gasteiger partial charge in [0.05, 0.1) is 0 Å². The smallest absolute Gasteiger partial charge is 0.221 e. The van der Waals surface area contributed by atoms with Crippen LogP contribution in [0, 0.1) is 23.2 Å². The Kier molecular flexibility index (Phi) is 3.82. The van der Waals surface area contributed by atoms with Crippen LogP contribution in [0.25, 0.3) is 6.08 Å². The first-order valence-corrected chi connectivity index (χ1v) is 9.13. The maximum absolute atomic E-state index is 12.9. The minimum absolute atomic E-state index is 0.0542. The number of anilines is 1. The van der Waals surface area contributed by atoms with Gasteiger partial charge in [-0.05, 0) is 80.1 Å². The summed E-state index contributed by atoms with van der Waals surface area (Å²) in [6.45, 7) is 1.50. The Morgan fingerprint density at radius 1 is 1.00 bits per heavy atom. The second-order valence-corrected chi connectivity index (χ2v) is 8.20. The van der Waals surface area contributed by atoms with Gasteiger partial charge in [-0.1, -0.05) is 18.2 Å². The van der Waals surface area contributed by atoms with Crippen molar-refractivity contribution in [2.75, 3.05) is 5.32 Å². The Morgan fingerprint density at radius 3 is 2.04 bits per heavy atom. The third kappa shape index (κ3) is 2.92. The van der Waals surface area contributed by atoms with Crippen molar-refractivity contribution in [2.24, 2.45) is 23.2 Å².